The lowest BCUT2D eigenvalue weighted by Gasteiger charge is -2.19. The van der Waals surface area contributed by atoms with Crippen LogP contribution in [0.1, 0.15) is 42.3 Å². The van der Waals surface area contributed by atoms with E-state index in [-0.39, 0.29) is 23.7 Å². The lowest BCUT2D eigenvalue weighted by Crippen LogP contribution is -2.28. The zero-order valence-corrected chi connectivity index (χ0v) is 15.9. The van der Waals surface area contributed by atoms with Gasteiger partial charge < -0.3 is 15.8 Å². The Bertz CT molecular complexity index is 662. The molecule has 0 radical (unpaired) electrons. The molecule has 0 spiro atoms. The van der Waals surface area contributed by atoms with E-state index in [1.54, 1.807) is 12.1 Å². The molecule has 3 N–H and O–H groups in total. The van der Waals surface area contributed by atoms with Crippen LogP contribution >= 0.6 is 12.4 Å². The van der Waals surface area contributed by atoms with Crippen molar-refractivity contribution in [1.82, 2.24) is 5.32 Å². The van der Waals surface area contributed by atoms with Crippen molar-refractivity contribution in [3.8, 4) is 5.75 Å². The zero-order valence-electron chi connectivity index (χ0n) is 15.0. The number of ether oxygens (including phenoxy) is 1. The molecule has 0 aliphatic rings. The monoisotopic (exact) mass is 362 g/mol. The molecule has 4 nitrogen and oxygen atoms in total. The molecule has 0 fully saturated rings. The number of amides is 1. The Kier molecular flexibility index (Phi) is 7.94. The van der Waals surface area contributed by atoms with E-state index in [9.17, 15) is 4.79 Å². The Morgan fingerprint density at radius 3 is 2.16 bits per heavy atom. The first kappa shape index (κ1) is 21.0. The van der Waals surface area contributed by atoms with Crippen molar-refractivity contribution in [1.29, 1.82) is 0 Å². The highest BCUT2D eigenvalue weighted by molar-refractivity contribution is 5.94. The highest BCUT2D eigenvalue weighted by atomic mass is 35.5. The van der Waals surface area contributed by atoms with Gasteiger partial charge in [-0.3, -0.25) is 4.79 Å². The predicted molar refractivity (Wildman–Crippen MR) is 105 cm³/mol. The molecular weight excluding hydrogens is 336 g/mol. The minimum Gasteiger partial charge on any atom is -0.492 e. The molecule has 2 aromatic rings. The third-order valence-electron chi connectivity index (χ3n) is 3.83. The maximum absolute atomic E-state index is 12.0. The summed E-state index contributed by atoms with van der Waals surface area (Å²) in [7, 11) is 0. The van der Waals surface area contributed by atoms with Crippen LogP contribution in [-0.4, -0.2) is 19.1 Å². The van der Waals surface area contributed by atoms with E-state index < -0.39 is 0 Å². The second-order valence-electron chi connectivity index (χ2n) is 6.78. The normalized spacial score (nSPS) is 10.7. The molecule has 2 aromatic carbocycles. The third-order valence-corrected chi connectivity index (χ3v) is 3.83. The minimum atomic E-state index is -0.106. The minimum absolute atomic E-state index is 0. The van der Waals surface area contributed by atoms with Crippen molar-refractivity contribution in [3.63, 3.8) is 0 Å². The second kappa shape index (κ2) is 9.44. The number of hydrogen-bond donors (Lipinski definition) is 2. The van der Waals surface area contributed by atoms with Crippen LogP contribution in [-0.2, 0) is 12.0 Å². The van der Waals surface area contributed by atoms with Gasteiger partial charge in [-0.15, -0.1) is 12.4 Å². The van der Waals surface area contributed by atoms with E-state index in [4.69, 9.17) is 10.5 Å². The summed E-state index contributed by atoms with van der Waals surface area (Å²) in [5.74, 6) is 0.704. The molecule has 0 heterocycles. The van der Waals surface area contributed by atoms with Crippen LogP contribution in [0.15, 0.2) is 48.5 Å². The summed E-state index contributed by atoms with van der Waals surface area (Å²) in [6.45, 7) is 7.90. The standard InChI is InChI=1S/C20H26N2O2.ClH/c1-20(2,3)17-8-10-18(11-9-17)24-13-12-22-19(23)16-6-4-15(14-21)5-7-16;/h4-11H,12-14,21H2,1-3H3,(H,22,23);1H. The molecule has 0 bridgehead atoms. The van der Waals surface area contributed by atoms with Crippen LogP contribution in [0.25, 0.3) is 0 Å². The lowest BCUT2D eigenvalue weighted by molar-refractivity contribution is 0.0947. The largest absolute Gasteiger partial charge is 0.492 e. The number of carbonyl (C=O) groups excluding carboxylic acids is 1. The van der Waals surface area contributed by atoms with Gasteiger partial charge in [-0.1, -0.05) is 45.0 Å². The maximum atomic E-state index is 12.0. The Morgan fingerprint density at radius 2 is 1.64 bits per heavy atom. The van der Waals surface area contributed by atoms with Crippen molar-refractivity contribution in [2.24, 2.45) is 5.73 Å². The molecule has 0 saturated heterocycles. The summed E-state index contributed by atoms with van der Waals surface area (Å²) in [4.78, 5) is 12.0. The smallest absolute Gasteiger partial charge is 0.251 e. The third kappa shape index (κ3) is 6.40. The number of carbonyl (C=O) groups is 1. The summed E-state index contributed by atoms with van der Waals surface area (Å²) in [5, 5.41) is 2.85. The van der Waals surface area contributed by atoms with Crippen molar-refractivity contribution in [2.45, 2.75) is 32.7 Å². The van der Waals surface area contributed by atoms with E-state index >= 15 is 0 Å². The van der Waals surface area contributed by atoms with Gasteiger partial charge in [0.05, 0.1) is 6.54 Å². The summed E-state index contributed by atoms with van der Waals surface area (Å²) < 4.78 is 5.67. The van der Waals surface area contributed by atoms with E-state index in [1.165, 1.54) is 5.56 Å². The van der Waals surface area contributed by atoms with E-state index in [0.29, 0.717) is 25.3 Å². The molecule has 0 saturated carbocycles. The van der Waals surface area contributed by atoms with Crippen LogP contribution in [0.5, 0.6) is 5.75 Å². The van der Waals surface area contributed by atoms with Gasteiger partial charge >= 0.3 is 0 Å². The summed E-state index contributed by atoms with van der Waals surface area (Å²) in [6, 6.07) is 15.4. The van der Waals surface area contributed by atoms with Gasteiger partial charge in [-0.25, -0.2) is 0 Å². The molecule has 136 valence electrons. The van der Waals surface area contributed by atoms with Crippen LogP contribution in [0, 0.1) is 0 Å². The van der Waals surface area contributed by atoms with Crippen molar-refractivity contribution in [3.05, 3.63) is 65.2 Å². The zero-order chi connectivity index (χ0) is 17.6. The first-order valence-electron chi connectivity index (χ1n) is 8.21. The number of rotatable bonds is 6. The van der Waals surface area contributed by atoms with Gasteiger partial charge in [0.2, 0.25) is 0 Å². The van der Waals surface area contributed by atoms with Crippen LogP contribution in [0.4, 0.5) is 0 Å². The van der Waals surface area contributed by atoms with E-state index in [1.807, 2.05) is 24.3 Å². The van der Waals surface area contributed by atoms with Crippen molar-refractivity contribution < 1.29 is 9.53 Å². The predicted octanol–water partition coefficient (Wildman–Crippen LogP) is 3.67. The van der Waals surface area contributed by atoms with Crippen molar-refractivity contribution >= 4 is 18.3 Å². The summed E-state index contributed by atoms with van der Waals surface area (Å²) >= 11 is 0. The molecule has 0 aliphatic heterocycles. The first-order valence-corrected chi connectivity index (χ1v) is 8.21. The highest BCUT2D eigenvalue weighted by Gasteiger charge is 2.12. The van der Waals surface area contributed by atoms with E-state index in [2.05, 4.69) is 38.2 Å². The first-order chi connectivity index (χ1) is 11.4. The fraction of sp³-hybridized carbons (Fsp3) is 0.350. The lowest BCUT2D eigenvalue weighted by atomic mass is 9.87. The number of nitrogens with one attached hydrogen (secondary N) is 1. The Balaban J connectivity index is 0.00000312. The van der Waals surface area contributed by atoms with Gasteiger partial charge in [-0.2, -0.15) is 0 Å². The second-order valence-corrected chi connectivity index (χ2v) is 6.78. The summed E-state index contributed by atoms with van der Waals surface area (Å²) in [5.41, 5.74) is 8.58. The molecule has 25 heavy (non-hydrogen) atoms. The molecule has 0 aliphatic carbocycles. The fourth-order valence-electron chi connectivity index (χ4n) is 2.28. The average Bonchev–Trinajstić information content (AvgIpc) is 2.58. The van der Waals surface area contributed by atoms with Crippen LogP contribution in [0.3, 0.4) is 0 Å². The Labute approximate surface area is 156 Å². The maximum Gasteiger partial charge on any atom is 0.251 e. The average molecular weight is 363 g/mol. The number of benzene rings is 2. The molecule has 0 atom stereocenters. The summed E-state index contributed by atoms with van der Waals surface area (Å²) in [6.07, 6.45) is 0. The molecule has 0 unspecified atom stereocenters. The molecule has 5 heteroatoms. The van der Waals surface area contributed by atoms with Crippen LogP contribution in [0.2, 0.25) is 0 Å². The molecule has 1 amide bonds. The number of hydrogen-bond acceptors (Lipinski definition) is 3. The van der Waals surface area contributed by atoms with Gasteiger partial charge in [0.15, 0.2) is 0 Å². The van der Waals surface area contributed by atoms with Crippen LogP contribution < -0.4 is 15.8 Å². The topological polar surface area (TPSA) is 64.3 Å². The molecular formula is C20H27ClN2O2. The molecule has 0 aromatic heterocycles. The number of nitrogens with two attached hydrogens (primary N) is 1. The number of halogens is 1. The highest BCUT2D eigenvalue weighted by Crippen LogP contribution is 2.24. The van der Waals surface area contributed by atoms with Gasteiger partial charge in [0.25, 0.3) is 5.91 Å². The van der Waals surface area contributed by atoms with Gasteiger partial charge in [0, 0.05) is 12.1 Å². The fourth-order valence-corrected chi connectivity index (χ4v) is 2.28. The SMILES string of the molecule is CC(C)(C)c1ccc(OCCNC(=O)c2ccc(CN)cc2)cc1.Cl. The quantitative estimate of drug-likeness (QED) is 0.770. The van der Waals surface area contributed by atoms with Gasteiger partial charge in [0.1, 0.15) is 12.4 Å². The molecule has 2 rings (SSSR count). The van der Waals surface area contributed by atoms with Crippen molar-refractivity contribution in [2.75, 3.05) is 13.2 Å². The van der Waals surface area contributed by atoms with Gasteiger partial charge in [-0.05, 0) is 40.8 Å². The van der Waals surface area contributed by atoms with E-state index in [0.717, 1.165) is 11.3 Å². The Morgan fingerprint density at radius 1 is 1.04 bits per heavy atom. The Hall–Kier alpha value is -2.04.